The minimum absolute atomic E-state index is 0.550. The van der Waals surface area contributed by atoms with Gasteiger partial charge in [0.15, 0.2) is 0 Å². The summed E-state index contributed by atoms with van der Waals surface area (Å²) in [5.41, 5.74) is 4.51. The molecule has 26 heavy (non-hydrogen) atoms. The smallest absolute Gasteiger partial charge is 0.135 e. The Balaban J connectivity index is 1.53. The van der Waals surface area contributed by atoms with Crippen molar-refractivity contribution < 1.29 is 9.15 Å². The zero-order valence-electron chi connectivity index (χ0n) is 14.9. The fraction of sp³-hybridized carbons (Fsp3) is 0.273. The topological polar surface area (TPSA) is 25.6 Å². The van der Waals surface area contributed by atoms with Crippen molar-refractivity contribution in [1.29, 1.82) is 0 Å². The predicted molar refractivity (Wildman–Crippen MR) is 106 cm³/mol. The van der Waals surface area contributed by atoms with Crippen molar-refractivity contribution in [3.63, 3.8) is 0 Å². The summed E-state index contributed by atoms with van der Waals surface area (Å²) in [6.45, 7) is 3.03. The number of halogens is 1. The molecule has 0 saturated carbocycles. The van der Waals surface area contributed by atoms with Crippen molar-refractivity contribution >= 4 is 28.6 Å². The Kier molecular flexibility index (Phi) is 5.11. The lowest BCUT2D eigenvalue weighted by molar-refractivity contribution is 0.149. The molecule has 0 saturated heterocycles. The van der Waals surface area contributed by atoms with Gasteiger partial charge in [-0.2, -0.15) is 0 Å². The summed E-state index contributed by atoms with van der Waals surface area (Å²) in [7, 11) is 2.13. The van der Waals surface area contributed by atoms with Crippen LogP contribution in [-0.4, -0.2) is 25.1 Å². The van der Waals surface area contributed by atoms with Gasteiger partial charge in [-0.3, -0.25) is 0 Å². The molecular formula is C22H22ClNO2. The van der Waals surface area contributed by atoms with E-state index in [0.717, 1.165) is 35.9 Å². The van der Waals surface area contributed by atoms with Gasteiger partial charge in [0, 0.05) is 29.1 Å². The lowest BCUT2D eigenvalue weighted by atomic mass is 10.0. The van der Waals surface area contributed by atoms with Crippen LogP contribution in [-0.2, 0) is 24.3 Å². The first kappa shape index (κ1) is 17.3. The molecule has 0 spiro atoms. The van der Waals surface area contributed by atoms with Gasteiger partial charge in [-0.25, -0.2) is 0 Å². The molecule has 3 aromatic rings. The Hall–Kier alpha value is -2.07. The second-order valence-corrected chi connectivity index (χ2v) is 7.14. The number of hydrogen-bond acceptors (Lipinski definition) is 3. The van der Waals surface area contributed by atoms with Crippen LogP contribution in [0.5, 0.6) is 0 Å². The molecule has 2 heterocycles. The van der Waals surface area contributed by atoms with Crippen LogP contribution in [0.3, 0.4) is 0 Å². The minimum atomic E-state index is 0.550. The Bertz CT molecular complexity index is 930. The number of likely N-dealkylation sites (N-methyl/N-ethyl adjacent to an activating group) is 1. The van der Waals surface area contributed by atoms with Gasteiger partial charge in [0.05, 0.1) is 13.2 Å². The van der Waals surface area contributed by atoms with Crippen molar-refractivity contribution in [3.05, 3.63) is 76.0 Å². The van der Waals surface area contributed by atoms with Crippen LogP contribution in [0.15, 0.2) is 53.0 Å². The van der Waals surface area contributed by atoms with E-state index in [0.29, 0.717) is 13.2 Å². The Labute approximate surface area is 158 Å². The van der Waals surface area contributed by atoms with Crippen molar-refractivity contribution in [2.24, 2.45) is 0 Å². The quantitative estimate of drug-likeness (QED) is 0.572. The largest absolute Gasteiger partial charge is 0.456 e. The molecule has 3 nitrogen and oxygen atoms in total. The van der Waals surface area contributed by atoms with Gasteiger partial charge >= 0.3 is 0 Å². The summed E-state index contributed by atoms with van der Waals surface area (Å²) in [6, 6.07) is 14.1. The van der Waals surface area contributed by atoms with E-state index < -0.39 is 0 Å². The Morgan fingerprint density at radius 3 is 2.85 bits per heavy atom. The van der Waals surface area contributed by atoms with Crippen LogP contribution in [0.1, 0.15) is 22.5 Å². The Morgan fingerprint density at radius 2 is 2.00 bits per heavy atom. The maximum atomic E-state index is 6.44. The van der Waals surface area contributed by atoms with Gasteiger partial charge < -0.3 is 14.1 Å². The van der Waals surface area contributed by atoms with E-state index in [1.807, 2.05) is 42.5 Å². The fourth-order valence-electron chi connectivity index (χ4n) is 3.48. The van der Waals surface area contributed by atoms with E-state index in [9.17, 15) is 0 Å². The molecule has 0 unspecified atom stereocenters. The molecule has 1 aliphatic heterocycles. The van der Waals surface area contributed by atoms with E-state index in [1.165, 1.54) is 22.1 Å². The second kappa shape index (κ2) is 7.67. The molecule has 4 rings (SSSR count). The van der Waals surface area contributed by atoms with E-state index >= 15 is 0 Å². The highest BCUT2D eigenvalue weighted by Crippen LogP contribution is 2.36. The highest BCUT2D eigenvalue weighted by Gasteiger charge is 2.22. The molecule has 0 fully saturated rings. The summed E-state index contributed by atoms with van der Waals surface area (Å²) in [4.78, 5) is 2.31. The minimum Gasteiger partial charge on any atom is -0.456 e. The highest BCUT2D eigenvalue weighted by molar-refractivity contribution is 6.32. The maximum absolute atomic E-state index is 6.44. The predicted octanol–water partition coefficient (Wildman–Crippen LogP) is 5.30. The number of hydrogen-bond donors (Lipinski definition) is 0. The normalized spacial score (nSPS) is 15.0. The monoisotopic (exact) mass is 367 g/mol. The maximum Gasteiger partial charge on any atom is 0.135 e. The Morgan fingerprint density at radius 1 is 1.15 bits per heavy atom. The van der Waals surface area contributed by atoms with E-state index in [1.54, 1.807) is 0 Å². The molecule has 1 aromatic heterocycles. The molecule has 2 aromatic carbocycles. The van der Waals surface area contributed by atoms with Crippen LogP contribution >= 0.6 is 11.6 Å². The van der Waals surface area contributed by atoms with Gasteiger partial charge in [0.2, 0.25) is 0 Å². The van der Waals surface area contributed by atoms with Crippen LogP contribution < -0.4 is 0 Å². The average molecular weight is 368 g/mol. The van der Waals surface area contributed by atoms with E-state index in [2.05, 4.69) is 24.1 Å². The first-order valence-corrected chi connectivity index (χ1v) is 9.29. The van der Waals surface area contributed by atoms with E-state index in [-0.39, 0.29) is 0 Å². The SMILES string of the molecule is CN1CCc2c(Cl)ccc3oc(C=CCOCc4ccccc4)c(c23)C1. The third kappa shape index (κ3) is 3.56. The molecule has 134 valence electrons. The average Bonchev–Trinajstić information content (AvgIpc) is 2.88. The first-order chi connectivity index (χ1) is 12.7. The molecule has 0 bridgehead atoms. The molecule has 0 N–H and O–H groups in total. The molecule has 0 radical (unpaired) electrons. The second-order valence-electron chi connectivity index (χ2n) is 6.73. The lowest BCUT2D eigenvalue weighted by Gasteiger charge is -2.12. The van der Waals surface area contributed by atoms with Gasteiger partial charge in [0.1, 0.15) is 11.3 Å². The zero-order valence-corrected chi connectivity index (χ0v) is 15.6. The van der Waals surface area contributed by atoms with Crippen LogP contribution in [0.2, 0.25) is 5.02 Å². The number of rotatable bonds is 5. The van der Waals surface area contributed by atoms with Crippen LogP contribution in [0, 0.1) is 0 Å². The first-order valence-electron chi connectivity index (χ1n) is 8.92. The van der Waals surface area contributed by atoms with Gasteiger partial charge in [0.25, 0.3) is 0 Å². The van der Waals surface area contributed by atoms with Gasteiger partial charge in [-0.05, 0) is 42.8 Å². The van der Waals surface area contributed by atoms with E-state index in [4.69, 9.17) is 20.8 Å². The number of furan rings is 1. The number of nitrogens with zero attached hydrogens (tertiary/aromatic N) is 1. The number of ether oxygens (including phenoxy) is 1. The molecule has 0 aliphatic carbocycles. The summed E-state index contributed by atoms with van der Waals surface area (Å²) in [5, 5.41) is 2.02. The van der Waals surface area contributed by atoms with Crippen molar-refractivity contribution in [2.75, 3.05) is 20.2 Å². The standard InChI is InChI=1S/C22H22ClNO2/c1-24-12-11-17-19(23)9-10-21-22(17)18(14-24)20(26-21)8-5-13-25-15-16-6-3-2-4-7-16/h2-10H,11-15H2,1H3. The van der Waals surface area contributed by atoms with Crippen molar-refractivity contribution in [2.45, 2.75) is 19.6 Å². The third-order valence-electron chi connectivity index (χ3n) is 4.80. The van der Waals surface area contributed by atoms with Crippen molar-refractivity contribution in [1.82, 2.24) is 4.90 Å². The molecule has 0 atom stereocenters. The summed E-state index contributed by atoms with van der Waals surface area (Å²) >= 11 is 6.44. The summed E-state index contributed by atoms with van der Waals surface area (Å²) in [5.74, 6) is 0.903. The van der Waals surface area contributed by atoms with Gasteiger partial charge in [-0.1, -0.05) is 48.0 Å². The van der Waals surface area contributed by atoms with Crippen LogP contribution in [0.25, 0.3) is 17.0 Å². The molecule has 0 amide bonds. The number of benzene rings is 2. The summed E-state index contributed by atoms with van der Waals surface area (Å²) in [6.07, 6.45) is 4.99. The fourth-order valence-corrected chi connectivity index (χ4v) is 3.73. The van der Waals surface area contributed by atoms with Gasteiger partial charge in [-0.15, -0.1) is 0 Å². The van der Waals surface area contributed by atoms with Crippen LogP contribution in [0.4, 0.5) is 0 Å². The molecule has 4 heteroatoms. The molecule has 1 aliphatic rings. The highest BCUT2D eigenvalue weighted by atomic mass is 35.5. The van der Waals surface area contributed by atoms with Crippen molar-refractivity contribution in [3.8, 4) is 0 Å². The zero-order chi connectivity index (χ0) is 17.9. The molecular weight excluding hydrogens is 346 g/mol. The summed E-state index contributed by atoms with van der Waals surface area (Å²) < 4.78 is 11.8. The lowest BCUT2D eigenvalue weighted by Crippen LogP contribution is -2.18. The third-order valence-corrected chi connectivity index (χ3v) is 5.16.